The molecule has 0 saturated heterocycles. The molecule has 0 aliphatic heterocycles. The molecule has 5 heteroatoms. The normalized spacial score (nSPS) is 15.5. The predicted octanol–water partition coefficient (Wildman–Crippen LogP) is 5.61. The Hall–Kier alpha value is -1.13. The van der Waals surface area contributed by atoms with E-state index < -0.39 is 12.6 Å². The van der Waals surface area contributed by atoms with Gasteiger partial charge in [-0.15, -0.1) is 0 Å². The van der Waals surface area contributed by atoms with Crippen molar-refractivity contribution in [2.75, 3.05) is 13.2 Å². The molecular weight excluding hydrogens is 281 g/mol. The first-order valence-corrected chi connectivity index (χ1v) is 7.33. The summed E-state index contributed by atoms with van der Waals surface area (Å²) in [5, 5.41) is 0. The molecule has 2 nitrogen and oxygen atoms in total. The van der Waals surface area contributed by atoms with Gasteiger partial charge >= 0.3 is 6.18 Å². The van der Waals surface area contributed by atoms with Gasteiger partial charge in [-0.05, 0) is 45.1 Å². The lowest BCUT2D eigenvalue weighted by Gasteiger charge is -2.16. The van der Waals surface area contributed by atoms with Crippen LogP contribution in [0.5, 0.6) is 0 Å². The van der Waals surface area contributed by atoms with Crippen LogP contribution in [0.1, 0.15) is 53.9 Å². The summed E-state index contributed by atoms with van der Waals surface area (Å²) >= 11 is 0. The van der Waals surface area contributed by atoms with Crippen LogP contribution in [0.3, 0.4) is 0 Å². The topological polar surface area (TPSA) is 18.5 Å². The van der Waals surface area contributed by atoms with Gasteiger partial charge in [0.25, 0.3) is 0 Å². The second-order valence-electron chi connectivity index (χ2n) is 5.26. The summed E-state index contributed by atoms with van der Waals surface area (Å²) in [6.45, 7) is 10.1. The quantitative estimate of drug-likeness (QED) is 0.516. The standard InChI is InChI=1S/C16H27F3O2/c1-6-13(4)21-11-12(3)8-9-20-14(5)15(7-2)10-16(17,18)19/h6,12H,7-11H2,1-5H3/b13-6+,15-14+. The fourth-order valence-corrected chi connectivity index (χ4v) is 1.70. The van der Waals surface area contributed by atoms with Gasteiger partial charge in [-0.25, -0.2) is 0 Å². The average Bonchev–Trinajstić information content (AvgIpc) is 2.40. The van der Waals surface area contributed by atoms with Crippen molar-refractivity contribution in [1.29, 1.82) is 0 Å². The Kier molecular flexibility index (Phi) is 9.22. The highest BCUT2D eigenvalue weighted by Gasteiger charge is 2.29. The smallest absolute Gasteiger partial charge is 0.392 e. The van der Waals surface area contributed by atoms with Crippen LogP contribution in [0, 0.1) is 5.92 Å². The number of hydrogen-bond donors (Lipinski definition) is 0. The summed E-state index contributed by atoms with van der Waals surface area (Å²) in [7, 11) is 0. The fourth-order valence-electron chi connectivity index (χ4n) is 1.70. The molecule has 0 radical (unpaired) electrons. The van der Waals surface area contributed by atoms with Gasteiger partial charge in [0, 0.05) is 0 Å². The highest BCUT2D eigenvalue weighted by Crippen LogP contribution is 2.28. The summed E-state index contributed by atoms with van der Waals surface area (Å²) in [6.07, 6.45) is -2.09. The van der Waals surface area contributed by atoms with Crippen molar-refractivity contribution >= 4 is 0 Å². The van der Waals surface area contributed by atoms with Crippen LogP contribution in [-0.4, -0.2) is 19.4 Å². The summed E-state index contributed by atoms with van der Waals surface area (Å²) < 4.78 is 48.1. The molecule has 0 spiro atoms. The maximum Gasteiger partial charge on any atom is 0.392 e. The van der Waals surface area contributed by atoms with Crippen LogP contribution in [0.25, 0.3) is 0 Å². The Balaban J connectivity index is 4.19. The Morgan fingerprint density at radius 1 is 1.19 bits per heavy atom. The first-order valence-electron chi connectivity index (χ1n) is 7.33. The zero-order valence-corrected chi connectivity index (χ0v) is 13.6. The highest BCUT2D eigenvalue weighted by molar-refractivity contribution is 5.07. The minimum absolute atomic E-state index is 0.292. The first-order chi connectivity index (χ1) is 9.69. The third-order valence-corrected chi connectivity index (χ3v) is 3.27. The van der Waals surface area contributed by atoms with Crippen molar-refractivity contribution in [3.8, 4) is 0 Å². The molecule has 0 aliphatic carbocycles. The number of rotatable bonds is 9. The van der Waals surface area contributed by atoms with Gasteiger partial charge in [-0.2, -0.15) is 13.2 Å². The molecule has 0 fully saturated rings. The molecule has 0 N–H and O–H groups in total. The van der Waals surface area contributed by atoms with Crippen molar-refractivity contribution < 1.29 is 22.6 Å². The summed E-state index contributed by atoms with van der Waals surface area (Å²) in [4.78, 5) is 0. The molecule has 0 heterocycles. The zero-order valence-electron chi connectivity index (χ0n) is 13.6. The van der Waals surface area contributed by atoms with Gasteiger partial charge < -0.3 is 9.47 Å². The Morgan fingerprint density at radius 3 is 2.29 bits per heavy atom. The number of halogens is 3. The number of allylic oxidation sites excluding steroid dienone is 4. The monoisotopic (exact) mass is 308 g/mol. The number of hydrogen-bond acceptors (Lipinski definition) is 2. The van der Waals surface area contributed by atoms with E-state index in [2.05, 4.69) is 0 Å². The minimum atomic E-state index is -4.18. The van der Waals surface area contributed by atoms with Crippen LogP contribution in [0.2, 0.25) is 0 Å². The Morgan fingerprint density at radius 2 is 1.81 bits per heavy atom. The van der Waals surface area contributed by atoms with Crippen LogP contribution in [0.15, 0.2) is 23.2 Å². The molecule has 124 valence electrons. The predicted molar refractivity (Wildman–Crippen MR) is 78.8 cm³/mol. The van der Waals surface area contributed by atoms with Crippen LogP contribution in [-0.2, 0) is 9.47 Å². The summed E-state index contributed by atoms with van der Waals surface area (Å²) in [5.74, 6) is 1.56. The van der Waals surface area contributed by atoms with Gasteiger partial charge in [-0.3, -0.25) is 0 Å². The van der Waals surface area contributed by atoms with E-state index in [9.17, 15) is 13.2 Å². The van der Waals surface area contributed by atoms with Crippen molar-refractivity contribution in [1.82, 2.24) is 0 Å². The van der Waals surface area contributed by atoms with Crippen molar-refractivity contribution in [2.45, 2.75) is 60.1 Å². The van der Waals surface area contributed by atoms with E-state index in [0.717, 1.165) is 12.2 Å². The van der Waals surface area contributed by atoms with Gasteiger partial charge in [0.05, 0.1) is 31.2 Å². The average molecular weight is 308 g/mol. The van der Waals surface area contributed by atoms with E-state index in [0.29, 0.717) is 36.9 Å². The van der Waals surface area contributed by atoms with E-state index in [1.54, 1.807) is 13.8 Å². The third-order valence-electron chi connectivity index (χ3n) is 3.27. The van der Waals surface area contributed by atoms with Crippen molar-refractivity contribution in [3.63, 3.8) is 0 Å². The Bertz CT molecular complexity index is 357. The van der Waals surface area contributed by atoms with Crippen LogP contribution < -0.4 is 0 Å². The highest BCUT2D eigenvalue weighted by atomic mass is 19.4. The van der Waals surface area contributed by atoms with Crippen molar-refractivity contribution in [3.05, 3.63) is 23.2 Å². The number of ether oxygens (including phenoxy) is 2. The van der Waals surface area contributed by atoms with Crippen LogP contribution in [0.4, 0.5) is 13.2 Å². The van der Waals surface area contributed by atoms with Crippen molar-refractivity contribution in [2.24, 2.45) is 5.92 Å². The molecule has 21 heavy (non-hydrogen) atoms. The molecule has 0 amide bonds. The largest absolute Gasteiger partial charge is 0.498 e. The van der Waals surface area contributed by atoms with E-state index in [1.165, 1.54) is 0 Å². The second kappa shape index (κ2) is 9.74. The molecule has 1 unspecified atom stereocenters. The van der Waals surface area contributed by atoms with E-state index in [1.807, 2.05) is 26.8 Å². The molecule has 0 aromatic rings. The van der Waals surface area contributed by atoms with Gasteiger partial charge in [-0.1, -0.05) is 19.9 Å². The maximum absolute atomic E-state index is 12.4. The maximum atomic E-state index is 12.4. The summed E-state index contributed by atoms with van der Waals surface area (Å²) in [5.41, 5.74) is 0.316. The molecular formula is C16H27F3O2. The lowest BCUT2D eigenvalue weighted by Crippen LogP contribution is -2.11. The lowest BCUT2D eigenvalue weighted by molar-refractivity contribution is -0.128. The lowest BCUT2D eigenvalue weighted by atomic mass is 10.1. The molecule has 0 saturated carbocycles. The number of alkyl halides is 3. The van der Waals surface area contributed by atoms with Gasteiger partial charge in [0.2, 0.25) is 0 Å². The molecule has 0 aliphatic rings. The van der Waals surface area contributed by atoms with E-state index in [-0.39, 0.29) is 0 Å². The van der Waals surface area contributed by atoms with E-state index in [4.69, 9.17) is 9.47 Å². The third kappa shape index (κ3) is 10.3. The van der Waals surface area contributed by atoms with E-state index >= 15 is 0 Å². The molecule has 0 aromatic heterocycles. The Labute approximate surface area is 126 Å². The SMILES string of the molecule is C/C=C(\C)OCC(C)CCO/C(C)=C(\CC)CC(F)(F)F. The second-order valence-corrected chi connectivity index (χ2v) is 5.26. The summed E-state index contributed by atoms with van der Waals surface area (Å²) in [6, 6.07) is 0. The fraction of sp³-hybridized carbons (Fsp3) is 0.750. The van der Waals surface area contributed by atoms with Crippen LogP contribution >= 0.6 is 0 Å². The molecule has 1 atom stereocenters. The van der Waals surface area contributed by atoms with Gasteiger partial charge in [0.15, 0.2) is 0 Å². The molecule has 0 rings (SSSR count). The van der Waals surface area contributed by atoms with Gasteiger partial charge in [0.1, 0.15) is 0 Å². The molecule has 0 aromatic carbocycles. The first kappa shape index (κ1) is 19.9. The zero-order chi connectivity index (χ0) is 16.5. The minimum Gasteiger partial charge on any atom is -0.498 e. The molecule has 0 bridgehead atoms.